The van der Waals surface area contributed by atoms with Gasteiger partial charge in [0.25, 0.3) is 5.56 Å². The number of pyridine rings is 1. The molecule has 3 rings (SSSR count). The summed E-state index contributed by atoms with van der Waals surface area (Å²) < 4.78 is 10.7. The minimum Gasteiger partial charge on any atom is -0.494 e. The number of fused-ring (bicyclic) bond motifs is 1. The van der Waals surface area contributed by atoms with Crippen molar-refractivity contribution in [2.75, 3.05) is 25.1 Å². The molecule has 3 aromatic rings. The lowest BCUT2D eigenvalue weighted by Crippen LogP contribution is -2.38. The smallest absolute Gasteiger partial charge is 0.305 e. The number of carbonyl (C=O) groups excluding carboxylic acids is 1. The van der Waals surface area contributed by atoms with Gasteiger partial charge in [0.1, 0.15) is 12.4 Å². The van der Waals surface area contributed by atoms with Gasteiger partial charge in [0.15, 0.2) is 5.11 Å². The van der Waals surface area contributed by atoms with E-state index in [1.165, 1.54) is 0 Å². The maximum absolute atomic E-state index is 12.9. The molecule has 0 saturated carbocycles. The molecule has 0 aliphatic rings. The number of anilines is 1. The van der Waals surface area contributed by atoms with Crippen LogP contribution in [0.3, 0.4) is 0 Å². The predicted octanol–water partition coefficient (Wildman–Crippen LogP) is 4.70. The molecule has 0 aliphatic heterocycles. The van der Waals surface area contributed by atoms with Gasteiger partial charge in [-0.1, -0.05) is 18.6 Å². The maximum Gasteiger partial charge on any atom is 0.305 e. The van der Waals surface area contributed by atoms with Gasteiger partial charge < -0.3 is 24.7 Å². The predicted molar refractivity (Wildman–Crippen MR) is 140 cm³/mol. The van der Waals surface area contributed by atoms with Crippen molar-refractivity contribution < 1.29 is 14.3 Å². The average Bonchev–Trinajstić information content (AvgIpc) is 2.80. The fourth-order valence-corrected chi connectivity index (χ4v) is 3.96. The first-order valence-corrected chi connectivity index (χ1v) is 11.8. The summed E-state index contributed by atoms with van der Waals surface area (Å²) in [5, 5.41) is 4.60. The molecule has 2 aromatic carbocycles. The molecule has 0 bridgehead atoms. The SMILES string of the molecule is CCOc1ccc(NC(=S)N(CCOC(=O)CC)Cc2cc3cc(C)cc(C)c3[nH]c2=O)cc1. The zero-order valence-electron chi connectivity index (χ0n) is 20.1. The van der Waals surface area contributed by atoms with Crippen LogP contribution in [-0.2, 0) is 16.1 Å². The highest BCUT2D eigenvalue weighted by Crippen LogP contribution is 2.20. The van der Waals surface area contributed by atoms with E-state index in [4.69, 9.17) is 21.7 Å². The van der Waals surface area contributed by atoms with Crippen LogP contribution < -0.4 is 15.6 Å². The molecule has 1 heterocycles. The lowest BCUT2D eigenvalue weighted by atomic mass is 10.1. The maximum atomic E-state index is 12.9. The van der Waals surface area contributed by atoms with Crippen molar-refractivity contribution in [1.82, 2.24) is 9.88 Å². The van der Waals surface area contributed by atoms with Crippen molar-refractivity contribution >= 4 is 39.9 Å². The second-order valence-electron chi connectivity index (χ2n) is 8.05. The first-order chi connectivity index (χ1) is 16.3. The summed E-state index contributed by atoms with van der Waals surface area (Å²) >= 11 is 5.66. The number of aromatic nitrogens is 1. The number of nitrogens with zero attached hydrogens (tertiary/aromatic N) is 1. The number of ether oxygens (including phenoxy) is 2. The fraction of sp³-hybridized carbons (Fsp3) is 0.346. The number of esters is 1. The van der Waals surface area contributed by atoms with Gasteiger partial charge in [0.05, 0.1) is 25.2 Å². The zero-order valence-corrected chi connectivity index (χ0v) is 20.9. The number of aromatic amines is 1. The molecule has 0 amide bonds. The van der Waals surface area contributed by atoms with Crippen LogP contribution in [0.5, 0.6) is 5.75 Å². The first-order valence-electron chi connectivity index (χ1n) is 11.4. The molecule has 34 heavy (non-hydrogen) atoms. The van der Waals surface area contributed by atoms with E-state index in [0.29, 0.717) is 30.2 Å². The average molecular weight is 482 g/mol. The van der Waals surface area contributed by atoms with E-state index in [-0.39, 0.29) is 24.7 Å². The highest BCUT2D eigenvalue weighted by Gasteiger charge is 2.15. The number of rotatable bonds is 9. The van der Waals surface area contributed by atoms with E-state index < -0.39 is 0 Å². The molecule has 0 saturated heterocycles. The molecule has 0 aliphatic carbocycles. The molecule has 2 N–H and O–H groups in total. The topological polar surface area (TPSA) is 83.7 Å². The monoisotopic (exact) mass is 481 g/mol. The minimum absolute atomic E-state index is 0.168. The number of benzene rings is 2. The van der Waals surface area contributed by atoms with Gasteiger partial charge in [-0.05, 0) is 80.3 Å². The second kappa shape index (κ2) is 11.7. The Morgan fingerprint density at radius 1 is 1.12 bits per heavy atom. The molecule has 0 radical (unpaired) electrons. The zero-order chi connectivity index (χ0) is 24.7. The van der Waals surface area contributed by atoms with E-state index in [9.17, 15) is 9.59 Å². The van der Waals surface area contributed by atoms with Gasteiger partial charge in [-0.2, -0.15) is 0 Å². The van der Waals surface area contributed by atoms with E-state index in [2.05, 4.69) is 10.3 Å². The Labute approximate surface area is 205 Å². The van der Waals surface area contributed by atoms with Gasteiger partial charge >= 0.3 is 5.97 Å². The van der Waals surface area contributed by atoms with Crippen LogP contribution in [-0.4, -0.2) is 40.7 Å². The number of hydrogen-bond donors (Lipinski definition) is 2. The van der Waals surface area contributed by atoms with Crippen LogP contribution in [0, 0.1) is 13.8 Å². The van der Waals surface area contributed by atoms with Crippen molar-refractivity contribution in [1.29, 1.82) is 0 Å². The van der Waals surface area contributed by atoms with Gasteiger partial charge in [0.2, 0.25) is 0 Å². The summed E-state index contributed by atoms with van der Waals surface area (Å²) in [5.41, 5.74) is 4.18. The van der Waals surface area contributed by atoms with Gasteiger partial charge in [0, 0.05) is 17.7 Å². The summed E-state index contributed by atoms with van der Waals surface area (Å²) in [7, 11) is 0. The van der Waals surface area contributed by atoms with E-state index in [1.54, 1.807) is 6.92 Å². The molecule has 8 heteroatoms. The number of hydrogen-bond acceptors (Lipinski definition) is 5. The number of carbonyl (C=O) groups is 1. The van der Waals surface area contributed by atoms with Crippen molar-refractivity contribution in [2.24, 2.45) is 0 Å². The molecular formula is C26H31N3O4S. The summed E-state index contributed by atoms with van der Waals surface area (Å²) in [4.78, 5) is 29.3. The van der Waals surface area contributed by atoms with Crippen molar-refractivity contribution in [3.63, 3.8) is 0 Å². The molecule has 0 unspecified atom stereocenters. The highest BCUT2D eigenvalue weighted by molar-refractivity contribution is 7.80. The third kappa shape index (κ3) is 6.57. The third-order valence-electron chi connectivity index (χ3n) is 5.35. The van der Waals surface area contributed by atoms with Crippen molar-refractivity contribution in [2.45, 2.75) is 40.7 Å². The number of H-pyrrole nitrogens is 1. The molecule has 0 atom stereocenters. The Morgan fingerprint density at radius 3 is 2.53 bits per heavy atom. The van der Waals surface area contributed by atoms with Crippen LogP contribution in [0.25, 0.3) is 10.9 Å². The molecule has 1 aromatic heterocycles. The molecule has 0 fully saturated rings. The summed E-state index contributed by atoms with van der Waals surface area (Å²) in [6.07, 6.45) is 0.303. The minimum atomic E-state index is -0.278. The number of aryl methyl sites for hydroxylation is 2. The van der Waals surface area contributed by atoms with Crippen LogP contribution in [0.1, 0.15) is 37.0 Å². The molecule has 0 spiro atoms. The molecule has 180 valence electrons. The van der Waals surface area contributed by atoms with E-state index >= 15 is 0 Å². The largest absolute Gasteiger partial charge is 0.494 e. The summed E-state index contributed by atoms with van der Waals surface area (Å²) in [6, 6.07) is 13.5. The summed E-state index contributed by atoms with van der Waals surface area (Å²) in [5.74, 6) is 0.496. The fourth-order valence-electron chi connectivity index (χ4n) is 3.68. The van der Waals surface area contributed by atoms with Gasteiger partial charge in [-0.25, -0.2) is 0 Å². The Kier molecular flexibility index (Phi) is 8.65. The number of nitrogens with one attached hydrogen (secondary N) is 2. The lowest BCUT2D eigenvalue weighted by Gasteiger charge is -2.26. The number of thiocarbonyl (C=S) groups is 1. The Hall–Kier alpha value is -3.39. The quantitative estimate of drug-likeness (QED) is 0.339. The third-order valence-corrected chi connectivity index (χ3v) is 5.71. The van der Waals surface area contributed by atoms with Crippen LogP contribution >= 0.6 is 12.2 Å². The van der Waals surface area contributed by atoms with Crippen molar-refractivity contribution in [3.8, 4) is 5.75 Å². The van der Waals surface area contributed by atoms with Crippen molar-refractivity contribution in [3.05, 3.63) is 69.5 Å². The Morgan fingerprint density at radius 2 is 1.85 bits per heavy atom. The summed E-state index contributed by atoms with van der Waals surface area (Å²) in [6.45, 7) is 9.06. The lowest BCUT2D eigenvalue weighted by molar-refractivity contribution is -0.143. The first kappa shape index (κ1) is 25.2. The Bertz CT molecular complexity index is 1220. The normalized spacial score (nSPS) is 10.7. The Balaban J connectivity index is 1.83. The van der Waals surface area contributed by atoms with Gasteiger partial charge in [-0.15, -0.1) is 0 Å². The highest BCUT2D eigenvalue weighted by atomic mass is 32.1. The standard InChI is InChI=1S/C26H31N3O4S/c1-5-23(30)33-12-11-29(26(34)27-21-7-9-22(10-8-21)32-6-2)16-20-15-19-14-17(3)13-18(4)24(19)28-25(20)31/h7-10,13-15H,5-6,11-12,16H2,1-4H3,(H,27,34)(H,28,31). The molecule has 7 nitrogen and oxygen atoms in total. The van der Waals surface area contributed by atoms with E-state index in [1.807, 2.05) is 68.1 Å². The van der Waals surface area contributed by atoms with Gasteiger partial charge in [-0.3, -0.25) is 9.59 Å². The van der Waals surface area contributed by atoms with E-state index in [0.717, 1.165) is 33.5 Å². The second-order valence-corrected chi connectivity index (χ2v) is 8.44. The van der Waals surface area contributed by atoms with Crippen LogP contribution in [0.2, 0.25) is 0 Å². The van der Waals surface area contributed by atoms with Crippen LogP contribution in [0.15, 0.2) is 47.3 Å². The molecular weight excluding hydrogens is 450 g/mol. The van der Waals surface area contributed by atoms with Crippen LogP contribution in [0.4, 0.5) is 5.69 Å².